The number of nitrogens with one attached hydrogen (secondary N) is 1. The standard InChI is InChI=1S/C17H25NO3/c1-3-4-5-6-7-8-12-15(19)18-16-13(2)10-9-11-14(16)17(20)21/h9-11H,3-8,12H2,1-2H3,(H,18,19)(H,20,21). The van der Waals surface area contributed by atoms with E-state index in [9.17, 15) is 9.59 Å². The summed E-state index contributed by atoms with van der Waals surface area (Å²) in [6, 6.07) is 4.99. The Balaban J connectivity index is 2.46. The summed E-state index contributed by atoms with van der Waals surface area (Å²) in [5.74, 6) is -1.13. The van der Waals surface area contributed by atoms with E-state index in [2.05, 4.69) is 12.2 Å². The van der Waals surface area contributed by atoms with Crippen LogP contribution in [0.1, 0.15) is 67.8 Å². The van der Waals surface area contributed by atoms with Gasteiger partial charge in [-0.1, -0.05) is 51.2 Å². The van der Waals surface area contributed by atoms with E-state index in [0.29, 0.717) is 12.1 Å². The smallest absolute Gasteiger partial charge is 0.337 e. The van der Waals surface area contributed by atoms with Gasteiger partial charge in [0.15, 0.2) is 0 Å². The Kier molecular flexibility index (Phi) is 7.51. The maximum absolute atomic E-state index is 11.9. The van der Waals surface area contributed by atoms with Gasteiger partial charge in [0.1, 0.15) is 0 Å². The molecule has 0 aromatic heterocycles. The van der Waals surface area contributed by atoms with Crippen molar-refractivity contribution < 1.29 is 14.7 Å². The number of hydrogen-bond donors (Lipinski definition) is 2. The number of unbranched alkanes of at least 4 members (excludes halogenated alkanes) is 5. The lowest BCUT2D eigenvalue weighted by Gasteiger charge is -2.11. The molecule has 4 heteroatoms. The van der Waals surface area contributed by atoms with Gasteiger partial charge in [-0.2, -0.15) is 0 Å². The number of carboxylic acid groups (broad SMARTS) is 1. The highest BCUT2D eigenvalue weighted by molar-refractivity contribution is 6.01. The molecule has 4 nitrogen and oxygen atoms in total. The summed E-state index contributed by atoms with van der Waals surface area (Å²) in [5.41, 5.74) is 1.33. The second kappa shape index (κ2) is 9.16. The minimum absolute atomic E-state index is 0.109. The van der Waals surface area contributed by atoms with E-state index in [-0.39, 0.29) is 11.5 Å². The number of carbonyl (C=O) groups is 2. The summed E-state index contributed by atoms with van der Waals surface area (Å²) >= 11 is 0. The lowest BCUT2D eigenvalue weighted by molar-refractivity contribution is -0.116. The molecule has 0 aliphatic heterocycles. The van der Waals surface area contributed by atoms with Crippen molar-refractivity contribution in [2.45, 2.75) is 58.8 Å². The van der Waals surface area contributed by atoms with Gasteiger partial charge in [-0.25, -0.2) is 4.79 Å². The molecule has 0 spiro atoms. The zero-order valence-corrected chi connectivity index (χ0v) is 12.9. The first-order chi connectivity index (χ1) is 10.1. The number of aromatic carboxylic acids is 1. The van der Waals surface area contributed by atoms with Gasteiger partial charge in [-0.3, -0.25) is 4.79 Å². The van der Waals surface area contributed by atoms with E-state index < -0.39 is 5.97 Å². The largest absolute Gasteiger partial charge is 0.478 e. The van der Waals surface area contributed by atoms with Crippen molar-refractivity contribution in [3.05, 3.63) is 29.3 Å². The SMILES string of the molecule is CCCCCCCCC(=O)Nc1c(C)cccc1C(=O)O. The molecule has 21 heavy (non-hydrogen) atoms. The highest BCUT2D eigenvalue weighted by atomic mass is 16.4. The number of benzene rings is 1. The minimum atomic E-state index is -1.02. The number of para-hydroxylation sites is 1. The number of aryl methyl sites for hydroxylation is 1. The molecule has 0 aliphatic carbocycles. The first-order valence-electron chi connectivity index (χ1n) is 7.69. The molecule has 0 atom stereocenters. The van der Waals surface area contributed by atoms with E-state index in [0.717, 1.165) is 24.8 Å². The predicted octanol–water partition coefficient (Wildman–Crippen LogP) is 4.38. The van der Waals surface area contributed by atoms with Gasteiger partial charge < -0.3 is 10.4 Å². The number of carbonyl (C=O) groups excluding carboxylic acids is 1. The van der Waals surface area contributed by atoms with Crippen molar-refractivity contribution in [3.8, 4) is 0 Å². The third kappa shape index (κ3) is 5.98. The van der Waals surface area contributed by atoms with Crippen LogP contribution in [0.3, 0.4) is 0 Å². The van der Waals surface area contributed by atoms with Crippen molar-refractivity contribution >= 4 is 17.6 Å². The molecule has 0 saturated carbocycles. The van der Waals surface area contributed by atoms with Gasteiger partial charge >= 0.3 is 5.97 Å². The maximum atomic E-state index is 11.9. The van der Waals surface area contributed by atoms with E-state index in [1.807, 2.05) is 0 Å². The number of hydrogen-bond acceptors (Lipinski definition) is 2. The van der Waals surface area contributed by atoms with Crippen molar-refractivity contribution in [1.29, 1.82) is 0 Å². The van der Waals surface area contributed by atoms with Gasteiger partial charge in [0.25, 0.3) is 0 Å². The van der Waals surface area contributed by atoms with Gasteiger partial charge in [-0.15, -0.1) is 0 Å². The Hall–Kier alpha value is -1.84. The molecule has 0 bridgehead atoms. The number of carboxylic acids is 1. The third-order valence-electron chi connectivity index (χ3n) is 3.53. The van der Waals surface area contributed by atoms with Crippen LogP contribution in [0.2, 0.25) is 0 Å². The van der Waals surface area contributed by atoms with Crippen LogP contribution in [0.5, 0.6) is 0 Å². The lowest BCUT2D eigenvalue weighted by Crippen LogP contribution is -2.15. The fraction of sp³-hybridized carbons (Fsp3) is 0.529. The zero-order chi connectivity index (χ0) is 15.7. The topological polar surface area (TPSA) is 66.4 Å². The van der Waals surface area contributed by atoms with Crippen LogP contribution in [-0.2, 0) is 4.79 Å². The Labute approximate surface area is 126 Å². The number of anilines is 1. The monoisotopic (exact) mass is 291 g/mol. The molecule has 0 fully saturated rings. The second-order valence-electron chi connectivity index (χ2n) is 5.37. The lowest BCUT2D eigenvalue weighted by atomic mass is 10.1. The summed E-state index contributed by atoms with van der Waals surface area (Å²) in [5, 5.41) is 11.9. The second-order valence-corrected chi connectivity index (χ2v) is 5.37. The van der Waals surface area contributed by atoms with E-state index in [1.54, 1.807) is 19.1 Å². The Morgan fingerprint density at radius 1 is 1.10 bits per heavy atom. The zero-order valence-electron chi connectivity index (χ0n) is 12.9. The van der Waals surface area contributed by atoms with Crippen LogP contribution in [-0.4, -0.2) is 17.0 Å². The molecule has 1 aromatic carbocycles. The van der Waals surface area contributed by atoms with E-state index in [1.165, 1.54) is 25.3 Å². The average Bonchev–Trinajstić information content (AvgIpc) is 2.44. The van der Waals surface area contributed by atoms with Gasteiger partial charge in [-0.05, 0) is 25.0 Å². The summed E-state index contributed by atoms with van der Waals surface area (Å²) in [7, 11) is 0. The Morgan fingerprint density at radius 3 is 2.43 bits per heavy atom. The molecular formula is C17H25NO3. The molecule has 0 saturated heterocycles. The Bertz CT molecular complexity index is 483. The molecule has 1 amide bonds. The molecule has 0 radical (unpaired) electrons. The molecule has 0 heterocycles. The van der Waals surface area contributed by atoms with Crippen LogP contribution >= 0.6 is 0 Å². The normalized spacial score (nSPS) is 10.4. The molecule has 1 rings (SSSR count). The van der Waals surface area contributed by atoms with Crippen molar-refractivity contribution in [2.75, 3.05) is 5.32 Å². The first kappa shape index (κ1) is 17.2. The predicted molar refractivity (Wildman–Crippen MR) is 84.8 cm³/mol. The minimum Gasteiger partial charge on any atom is -0.478 e. The molecule has 0 unspecified atom stereocenters. The summed E-state index contributed by atoms with van der Waals surface area (Å²) in [6.07, 6.45) is 7.18. The van der Waals surface area contributed by atoms with Crippen molar-refractivity contribution in [3.63, 3.8) is 0 Å². The van der Waals surface area contributed by atoms with Crippen LogP contribution in [0.15, 0.2) is 18.2 Å². The molecule has 1 aromatic rings. The van der Waals surface area contributed by atoms with Crippen molar-refractivity contribution in [1.82, 2.24) is 0 Å². The third-order valence-corrected chi connectivity index (χ3v) is 3.53. The van der Waals surface area contributed by atoms with Crippen LogP contribution in [0, 0.1) is 6.92 Å². The van der Waals surface area contributed by atoms with Crippen molar-refractivity contribution in [2.24, 2.45) is 0 Å². The van der Waals surface area contributed by atoms with Crippen LogP contribution < -0.4 is 5.32 Å². The van der Waals surface area contributed by atoms with Gasteiger partial charge in [0.2, 0.25) is 5.91 Å². The van der Waals surface area contributed by atoms with Gasteiger partial charge in [0, 0.05) is 6.42 Å². The first-order valence-corrected chi connectivity index (χ1v) is 7.69. The van der Waals surface area contributed by atoms with E-state index >= 15 is 0 Å². The summed E-state index contributed by atoms with van der Waals surface area (Å²) in [4.78, 5) is 23.1. The molecule has 116 valence electrons. The molecule has 2 N–H and O–H groups in total. The molecular weight excluding hydrogens is 266 g/mol. The van der Waals surface area contributed by atoms with Crippen LogP contribution in [0.4, 0.5) is 5.69 Å². The van der Waals surface area contributed by atoms with Crippen LogP contribution in [0.25, 0.3) is 0 Å². The van der Waals surface area contributed by atoms with Gasteiger partial charge in [0.05, 0.1) is 11.3 Å². The quantitative estimate of drug-likeness (QED) is 0.663. The number of rotatable bonds is 9. The Morgan fingerprint density at radius 2 is 1.76 bits per heavy atom. The average molecular weight is 291 g/mol. The molecule has 0 aliphatic rings. The fourth-order valence-corrected chi connectivity index (χ4v) is 2.28. The number of amides is 1. The highest BCUT2D eigenvalue weighted by Gasteiger charge is 2.14. The summed E-state index contributed by atoms with van der Waals surface area (Å²) < 4.78 is 0. The van der Waals surface area contributed by atoms with E-state index in [4.69, 9.17) is 5.11 Å². The maximum Gasteiger partial charge on any atom is 0.337 e. The summed E-state index contributed by atoms with van der Waals surface area (Å²) in [6.45, 7) is 3.97. The highest BCUT2D eigenvalue weighted by Crippen LogP contribution is 2.21. The fourth-order valence-electron chi connectivity index (χ4n) is 2.28.